The van der Waals surface area contributed by atoms with Crippen LogP contribution in [0.25, 0.3) is 21.7 Å². The molecular formula is C25H28F3N7O4S. The lowest BCUT2D eigenvalue weighted by Gasteiger charge is -2.32. The molecule has 1 saturated heterocycles. The minimum atomic E-state index is -4.66. The second kappa shape index (κ2) is 12.6. The van der Waals surface area contributed by atoms with E-state index in [9.17, 15) is 27.9 Å². The van der Waals surface area contributed by atoms with Gasteiger partial charge in [-0.2, -0.15) is 13.2 Å². The number of carbonyl (C=O) groups is 2. The fraction of sp³-hybridized carbons (Fsp3) is 0.400. The maximum absolute atomic E-state index is 13.4. The highest BCUT2D eigenvalue weighted by atomic mass is 32.1. The Bertz CT molecular complexity index is 1360. The summed E-state index contributed by atoms with van der Waals surface area (Å²) in [7, 11) is 2.05. The van der Waals surface area contributed by atoms with E-state index in [1.54, 1.807) is 6.92 Å². The number of carboxylic acid groups (broad SMARTS) is 1. The zero-order valence-corrected chi connectivity index (χ0v) is 22.6. The van der Waals surface area contributed by atoms with Crippen molar-refractivity contribution in [2.75, 3.05) is 58.2 Å². The van der Waals surface area contributed by atoms with Gasteiger partial charge in [-0.1, -0.05) is 0 Å². The van der Waals surface area contributed by atoms with Crippen molar-refractivity contribution in [1.82, 2.24) is 30.1 Å². The highest BCUT2D eigenvalue weighted by molar-refractivity contribution is 7.13. The number of hydrogen-bond donors (Lipinski definition) is 3. The van der Waals surface area contributed by atoms with Gasteiger partial charge in [0, 0.05) is 73.7 Å². The number of urea groups is 1. The molecule has 11 nitrogen and oxygen atoms in total. The van der Waals surface area contributed by atoms with Gasteiger partial charge in [0.1, 0.15) is 17.4 Å². The first-order valence-electron chi connectivity index (χ1n) is 12.4. The zero-order chi connectivity index (χ0) is 28.9. The van der Waals surface area contributed by atoms with E-state index < -0.39 is 23.9 Å². The number of aromatic carboxylic acids is 1. The van der Waals surface area contributed by atoms with E-state index in [0.717, 1.165) is 49.1 Å². The van der Waals surface area contributed by atoms with Crippen LogP contribution in [0, 0.1) is 0 Å². The van der Waals surface area contributed by atoms with E-state index in [4.69, 9.17) is 4.74 Å². The summed E-state index contributed by atoms with van der Waals surface area (Å²) in [6, 6.07) is 2.16. The van der Waals surface area contributed by atoms with Gasteiger partial charge in [0.2, 0.25) is 5.88 Å². The van der Waals surface area contributed by atoms with Gasteiger partial charge in [-0.05, 0) is 26.1 Å². The SMILES string of the molecule is CCNC(=O)Nc1cc(-c2nc(C(F)(F)F)cs2)c(-c2cc(C(=O)O)cnc2OCCN2CCN(C)CC2)cn1. The Morgan fingerprint density at radius 2 is 1.85 bits per heavy atom. The number of pyridine rings is 2. The number of nitrogens with zero attached hydrogens (tertiary/aromatic N) is 5. The van der Waals surface area contributed by atoms with Crippen LogP contribution in [0.4, 0.5) is 23.8 Å². The second-order valence-corrected chi connectivity index (χ2v) is 9.87. The summed E-state index contributed by atoms with van der Waals surface area (Å²) >= 11 is 0.754. The van der Waals surface area contributed by atoms with Crippen molar-refractivity contribution >= 4 is 29.2 Å². The Hall–Kier alpha value is -3.82. The Morgan fingerprint density at radius 3 is 2.50 bits per heavy atom. The van der Waals surface area contributed by atoms with Crippen LogP contribution in [0.3, 0.4) is 0 Å². The zero-order valence-electron chi connectivity index (χ0n) is 21.8. The molecule has 40 heavy (non-hydrogen) atoms. The minimum absolute atomic E-state index is 0.00668. The third-order valence-corrected chi connectivity index (χ3v) is 7.01. The molecule has 3 N–H and O–H groups in total. The van der Waals surface area contributed by atoms with E-state index in [0.29, 0.717) is 13.1 Å². The number of carboxylic acids is 1. The normalized spacial score (nSPS) is 14.6. The van der Waals surface area contributed by atoms with E-state index in [1.807, 2.05) is 0 Å². The highest BCUT2D eigenvalue weighted by Crippen LogP contribution is 2.40. The maximum Gasteiger partial charge on any atom is 0.434 e. The van der Waals surface area contributed by atoms with Crippen molar-refractivity contribution in [3.05, 3.63) is 41.2 Å². The number of hydrogen-bond acceptors (Lipinski definition) is 9. The summed E-state index contributed by atoms with van der Waals surface area (Å²) in [6.45, 7) is 6.54. The number of anilines is 1. The molecule has 4 heterocycles. The molecule has 0 unspecified atom stereocenters. The van der Waals surface area contributed by atoms with Crippen LogP contribution in [-0.4, -0.2) is 94.8 Å². The molecule has 0 radical (unpaired) electrons. The van der Waals surface area contributed by atoms with Gasteiger partial charge >= 0.3 is 18.2 Å². The first-order valence-corrected chi connectivity index (χ1v) is 13.3. The van der Waals surface area contributed by atoms with Gasteiger partial charge in [-0.3, -0.25) is 10.2 Å². The van der Waals surface area contributed by atoms with Gasteiger partial charge in [0.25, 0.3) is 0 Å². The van der Waals surface area contributed by atoms with Crippen molar-refractivity contribution in [3.63, 3.8) is 0 Å². The van der Waals surface area contributed by atoms with Gasteiger partial charge in [0.15, 0.2) is 5.69 Å². The summed E-state index contributed by atoms with van der Waals surface area (Å²) in [5.41, 5.74) is -0.569. The molecule has 3 aromatic heterocycles. The number of ether oxygens (including phenoxy) is 1. The lowest BCUT2D eigenvalue weighted by atomic mass is 10.0. The van der Waals surface area contributed by atoms with Crippen LogP contribution in [0.5, 0.6) is 5.88 Å². The van der Waals surface area contributed by atoms with Gasteiger partial charge in [0.05, 0.1) is 5.56 Å². The number of amides is 2. The molecule has 3 aromatic rings. The number of halogens is 3. The third-order valence-electron chi connectivity index (χ3n) is 6.14. The van der Waals surface area contributed by atoms with Crippen molar-refractivity contribution < 1.29 is 32.6 Å². The molecule has 0 aliphatic carbocycles. The molecule has 15 heteroatoms. The Morgan fingerprint density at radius 1 is 1.10 bits per heavy atom. The van der Waals surface area contributed by atoms with Crippen molar-refractivity contribution in [2.45, 2.75) is 13.1 Å². The molecule has 4 rings (SSSR count). The summed E-state index contributed by atoms with van der Waals surface area (Å²) in [6.07, 6.45) is -2.19. The highest BCUT2D eigenvalue weighted by Gasteiger charge is 2.34. The predicted octanol–water partition coefficient (Wildman–Crippen LogP) is 3.75. The average molecular weight is 580 g/mol. The number of aromatic nitrogens is 3. The minimum Gasteiger partial charge on any atom is -0.478 e. The summed E-state index contributed by atoms with van der Waals surface area (Å²) in [4.78, 5) is 40.5. The smallest absolute Gasteiger partial charge is 0.434 e. The molecule has 1 aliphatic rings. The van der Waals surface area contributed by atoms with Crippen molar-refractivity contribution in [3.8, 4) is 27.6 Å². The topological polar surface area (TPSA) is 133 Å². The summed E-state index contributed by atoms with van der Waals surface area (Å²) in [5, 5.41) is 15.6. The summed E-state index contributed by atoms with van der Waals surface area (Å²) < 4.78 is 46.1. The molecule has 1 fully saturated rings. The molecule has 0 saturated carbocycles. The van der Waals surface area contributed by atoms with Crippen LogP contribution in [0.2, 0.25) is 0 Å². The van der Waals surface area contributed by atoms with E-state index in [2.05, 4.69) is 42.4 Å². The molecule has 0 spiro atoms. The molecule has 0 bridgehead atoms. The van der Waals surface area contributed by atoms with E-state index in [1.165, 1.54) is 18.3 Å². The molecule has 0 atom stereocenters. The second-order valence-electron chi connectivity index (χ2n) is 9.01. The van der Waals surface area contributed by atoms with Crippen molar-refractivity contribution in [1.29, 1.82) is 0 Å². The molecule has 0 aromatic carbocycles. The molecule has 214 valence electrons. The first kappa shape index (κ1) is 29.2. The molecule has 1 aliphatic heterocycles. The standard InChI is InChI=1S/C25H28F3N7O4S/c1-3-29-24(38)33-20-11-17(22-32-19(14-40-22)25(26,27)28)18(13-30-20)16-10-15(23(36)37)12-31-21(16)39-9-8-35-6-4-34(2)5-7-35/h10-14H,3-9H2,1-2H3,(H,36,37)(H2,29,30,33,38). The average Bonchev–Trinajstić information content (AvgIpc) is 3.41. The number of likely N-dealkylation sites (N-methyl/N-ethyl adjacent to an activating group) is 1. The van der Waals surface area contributed by atoms with Crippen LogP contribution >= 0.6 is 11.3 Å². The number of piperazine rings is 1. The number of thiazole rings is 1. The predicted molar refractivity (Wildman–Crippen MR) is 143 cm³/mol. The Balaban J connectivity index is 1.73. The molecule has 2 amide bonds. The number of rotatable bonds is 9. The fourth-order valence-corrected chi connectivity index (χ4v) is 4.84. The Labute approximate surface area is 232 Å². The summed E-state index contributed by atoms with van der Waals surface area (Å²) in [5.74, 6) is -1.08. The van der Waals surface area contributed by atoms with Crippen LogP contribution in [0.15, 0.2) is 29.9 Å². The van der Waals surface area contributed by atoms with Gasteiger partial charge in [-0.25, -0.2) is 24.5 Å². The van der Waals surface area contributed by atoms with Crippen LogP contribution in [-0.2, 0) is 6.18 Å². The number of alkyl halides is 3. The fourth-order valence-electron chi connectivity index (χ4n) is 3.98. The first-order chi connectivity index (χ1) is 19.0. The van der Waals surface area contributed by atoms with Crippen LogP contribution in [0.1, 0.15) is 23.0 Å². The lowest BCUT2D eigenvalue weighted by molar-refractivity contribution is -0.140. The quantitative estimate of drug-likeness (QED) is 0.347. The van der Waals surface area contributed by atoms with Gasteiger partial charge < -0.3 is 20.1 Å². The lowest BCUT2D eigenvalue weighted by Crippen LogP contribution is -2.45. The third kappa shape index (κ3) is 7.22. The van der Waals surface area contributed by atoms with E-state index >= 15 is 0 Å². The maximum atomic E-state index is 13.4. The van der Waals surface area contributed by atoms with Gasteiger partial charge in [-0.15, -0.1) is 11.3 Å². The Kier molecular flexibility index (Phi) is 9.17. The van der Waals surface area contributed by atoms with Crippen LogP contribution < -0.4 is 15.4 Å². The largest absolute Gasteiger partial charge is 0.478 e. The number of nitrogens with one attached hydrogen (secondary N) is 2. The monoisotopic (exact) mass is 579 g/mol. The number of carbonyl (C=O) groups excluding carboxylic acids is 1. The van der Waals surface area contributed by atoms with E-state index in [-0.39, 0.29) is 45.6 Å². The molecular weight excluding hydrogens is 551 g/mol. The van der Waals surface area contributed by atoms with Crippen molar-refractivity contribution in [2.24, 2.45) is 0 Å².